The Labute approximate surface area is 164 Å². The summed E-state index contributed by atoms with van der Waals surface area (Å²) in [6.07, 6.45) is 0. The van der Waals surface area contributed by atoms with Crippen molar-refractivity contribution in [3.63, 3.8) is 0 Å². The van der Waals surface area contributed by atoms with Crippen LogP contribution in [-0.2, 0) is 9.53 Å². The summed E-state index contributed by atoms with van der Waals surface area (Å²) in [6, 6.07) is 15.9. The Kier molecular flexibility index (Phi) is 6.23. The molecule has 0 atom stereocenters. The summed E-state index contributed by atoms with van der Waals surface area (Å²) < 4.78 is 4.86. The Morgan fingerprint density at radius 3 is 2.61 bits per heavy atom. The van der Waals surface area contributed by atoms with Gasteiger partial charge in [-0.1, -0.05) is 18.2 Å². The molecule has 3 aromatic rings. The van der Waals surface area contributed by atoms with Crippen molar-refractivity contribution < 1.29 is 14.6 Å². The van der Waals surface area contributed by atoms with Gasteiger partial charge >= 0.3 is 0 Å². The number of aliphatic hydroxyl groups is 1. The van der Waals surface area contributed by atoms with Crippen molar-refractivity contribution in [1.29, 1.82) is 0 Å². The summed E-state index contributed by atoms with van der Waals surface area (Å²) in [6.45, 7) is 2.78. The number of fused-ring (bicyclic) bond motifs is 1. The molecule has 28 heavy (non-hydrogen) atoms. The average molecular weight is 379 g/mol. The highest BCUT2D eigenvalue weighted by Gasteiger charge is 2.08. The van der Waals surface area contributed by atoms with Crippen LogP contribution in [0.2, 0.25) is 0 Å². The second-order valence-electron chi connectivity index (χ2n) is 6.73. The van der Waals surface area contributed by atoms with E-state index in [0.717, 1.165) is 33.4 Å². The second kappa shape index (κ2) is 8.82. The number of carbonyl (C=O) groups is 1. The van der Waals surface area contributed by atoms with E-state index in [1.807, 2.05) is 54.4 Å². The molecule has 0 aliphatic heterocycles. The van der Waals surface area contributed by atoms with E-state index in [-0.39, 0.29) is 19.1 Å². The number of methoxy groups -OCH3 is 1. The Morgan fingerprint density at radius 1 is 1.18 bits per heavy atom. The van der Waals surface area contributed by atoms with Gasteiger partial charge in [-0.3, -0.25) is 4.79 Å². The third-order valence-electron chi connectivity index (χ3n) is 4.62. The van der Waals surface area contributed by atoms with Gasteiger partial charge in [0.25, 0.3) is 0 Å². The van der Waals surface area contributed by atoms with Crippen LogP contribution in [0.5, 0.6) is 0 Å². The minimum absolute atomic E-state index is 0.0155. The molecular weight excluding hydrogens is 354 g/mol. The van der Waals surface area contributed by atoms with E-state index in [2.05, 4.69) is 18.3 Å². The van der Waals surface area contributed by atoms with E-state index in [4.69, 9.17) is 14.8 Å². The molecule has 0 radical (unpaired) electrons. The summed E-state index contributed by atoms with van der Waals surface area (Å²) in [5, 5.41) is 12.9. The number of pyridine rings is 1. The van der Waals surface area contributed by atoms with Crippen molar-refractivity contribution in [2.24, 2.45) is 0 Å². The van der Waals surface area contributed by atoms with Gasteiger partial charge in [0.15, 0.2) is 0 Å². The maximum atomic E-state index is 11.8. The first kappa shape index (κ1) is 19.8. The van der Waals surface area contributed by atoms with E-state index in [1.54, 1.807) is 0 Å². The quantitative estimate of drug-likeness (QED) is 0.659. The highest BCUT2D eigenvalue weighted by molar-refractivity contribution is 5.95. The number of aliphatic hydroxyl groups excluding tert-OH is 1. The molecule has 0 bridgehead atoms. The lowest BCUT2D eigenvalue weighted by atomic mass is 10.0. The third-order valence-corrected chi connectivity index (χ3v) is 4.62. The molecular formula is C22H25N3O3. The number of rotatable bonds is 7. The minimum atomic E-state index is -0.197. The van der Waals surface area contributed by atoms with Gasteiger partial charge < -0.3 is 20.1 Å². The average Bonchev–Trinajstić information content (AvgIpc) is 2.68. The van der Waals surface area contributed by atoms with Crippen molar-refractivity contribution in [2.75, 3.05) is 44.1 Å². The highest BCUT2D eigenvalue weighted by atomic mass is 16.5. The first-order valence-electron chi connectivity index (χ1n) is 9.14. The number of amides is 1. The van der Waals surface area contributed by atoms with Crippen molar-refractivity contribution in [3.8, 4) is 11.3 Å². The summed E-state index contributed by atoms with van der Waals surface area (Å²) in [5.41, 5.74) is 5.57. The van der Waals surface area contributed by atoms with Crippen molar-refractivity contribution in [3.05, 3.63) is 54.1 Å². The van der Waals surface area contributed by atoms with Gasteiger partial charge in [-0.15, -0.1) is 0 Å². The number of carbonyl (C=O) groups excluding carboxylic acids is 1. The van der Waals surface area contributed by atoms with E-state index in [1.165, 1.54) is 7.11 Å². The van der Waals surface area contributed by atoms with E-state index >= 15 is 0 Å². The molecule has 146 valence electrons. The number of aryl methyl sites for hydroxylation is 1. The zero-order valence-electron chi connectivity index (χ0n) is 16.4. The summed E-state index contributed by atoms with van der Waals surface area (Å²) in [7, 11) is 3.44. The molecule has 0 unspecified atom stereocenters. The van der Waals surface area contributed by atoms with E-state index in [0.29, 0.717) is 12.2 Å². The molecule has 2 aromatic carbocycles. The first-order chi connectivity index (χ1) is 13.5. The number of nitrogens with one attached hydrogen (secondary N) is 1. The number of likely N-dealkylation sites (N-methyl/N-ethyl adjacent to an activating group) is 1. The minimum Gasteiger partial charge on any atom is -0.395 e. The molecule has 0 saturated heterocycles. The van der Waals surface area contributed by atoms with Crippen LogP contribution < -0.4 is 10.2 Å². The molecule has 0 fully saturated rings. The molecule has 0 aliphatic rings. The summed E-state index contributed by atoms with van der Waals surface area (Å²) >= 11 is 0. The standard InChI is InChI=1S/C22H25N3O3/c1-15-12-20(16-4-7-18(8-5-16)25(2)10-11-26)24-21-13-17(6-9-19(15)21)23-22(27)14-28-3/h4-9,12-13,26H,10-11,14H2,1-3H3,(H,23,27). The maximum absolute atomic E-state index is 11.8. The second-order valence-corrected chi connectivity index (χ2v) is 6.73. The van der Waals surface area contributed by atoms with E-state index in [9.17, 15) is 4.79 Å². The summed E-state index contributed by atoms with van der Waals surface area (Å²) in [5.74, 6) is -0.197. The van der Waals surface area contributed by atoms with Gasteiger partial charge in [0, 0.05) is 43.0 Å². The molecule has 0 spiro atoms. The SMILES string of the molecule is COCC(=O)Nc1ccc2c(C)cc(-c3ccc(N(C)CCO)cc3)nc2c1. The first-order valence-corrected chi connectivity index (χ1v) is 9.14. The molecule has 3 rings (SSSR count). The number of aromatic nitrogens is 1. The number of hydrogen-bond donors (Lipinski definition) is 2. The fraction of sp³-hybridized carbons (Fsp3) is 0.273. The normalized spacial score (nSPS) is 10.9. The number of anilines is 2. The lowest BCUT2D eigenvalue weighted by Crippen LogP contribution is -2.20. The largest absolute Gasteiger partial charge is 0.395 e. The Hall–Kier alpha value is -2.96. The van der Waals surface area contributed by atoms with Gasteiger partial charge in [-0.25, -0.2) is 4.98 Å². The molecule has 6 heteroatoms. The van der Waals surface area contributed by atoms with Crippen molar-refractivity contribution >= 4 is 28.2 Å². The zero-order chi connectivity index (χ0) is 20.1. The van der Waals surface area contributed by atoms with Gasteiger partial charge in [-0.05, 0) is 42.8 Å². The van der Waals surface area contributed by atoms with Crippen molar-refractivity contribution in [1.82, 2.24) is 4.98 Å². The van der Waals surface area contributed by atoms with Crippen LogP contribution in [-0.4, -0.2) is 49.9 Å². The van der Waals surface area contributed by atoms with Crippen LogP contribution in [0.4, 0.5) is 11.4 Å². The topological polar surface area (TPSA) is 74.7 Å². The fourth-order valence-electron chi connectivity index (χ4n) is 3.12. The number of nitrogens with zero attached hydrogens (tertiary/aromatic N) is 2. The van der Waals surface area contributed by atoms with Crippen LogP contribution in [0, 0.1) is 6.92 Å². The van der Waals surface area contributed by atoms with Crippen LogP contribution in [0.25, 0.3) is 22.2 Å². The van der Waals surface area contributed by atoms with Gasteiger partial charge in [0.1, 0.15) is 6.61 Å². The van der Waals surface area contributed by atoms with Gasteiger partial charge in [0.2, 0.25) is 5.91 Å². The zero-order valence-corrected chi connectivity index (χ0v) is 16.4. The predicted octanol–water partition coefficient (Wildman–Crippen LogP) is 3.22. The molecule has 1 heterocycles. The third kappa shape index (κ3) is 4.47. The smallest absolute Gasteiger partial charge is 0.250 e. The predicted molar refractivity (Wildman–Crippen MR) is 113 cm³/mol. The van der Waals surface area contributed by atoms with Gasteiger partial charge in [0.05, 0.1) is 17.8 Å². The number of hydrogen-bond acceptors (Lipinski definition) is 5. The Bertz CT molecular complexity index is 971. The summed E-state index contributed by atoms with van der Waals surface area (Å²) in [4.78, 5) is 18.6. The molecule has 0 aliphatic carbocycles. The Morgan fingerprint density at radius 2 is 1.93 bits per heavy atom. The Balaban J connectivity index is 1.92. The van der Waals surface area contributed by atoms with Crippen LogP contribution in [0.15, 0.2) is 48.5 Å². The van der Waals surface area contributed by atoms with E-state index < -0.39 is 0 Å². The van der Waals surface area contributed by atoms with Crippen LogP contribution in [0.1, 0.15) is 5.56 Å². The van der Waals surface area contributed by atoms with Crippen LogP contribution >= 0.6 is 0 Å². The van der Waals surface area contributed by atoms with Gasteiger partial charge in [-0.2, -0.15) is 0 Å². The molecule has 1 aromatic heterocycles. The maximum Gasteiger partial charge on any atom is 0.250 e. The molecule has 2 N–H and O–H groups in total. The molecule has 6 nitrogen and oxygen atoms in total. The highest BCUT2D eigenvalue weighted by Crippen LogP contribution is 2.27. The molecule has 0 saturated carbocycles. The van der Waals surface area contributed by atoms with Crippen molar-refractivity contribution in [2.45, 2.75) is 6.92 Å². The number of ether oxygens (including phenoxy) is 1. The lowest BCUT2D eigenvalue weighted by molar-refractivity contribution is -0.119. The molecule has 1 amide bonds. The fourth-order valence-corrected chi connectivity index (χ4v) is 3.12. The lowest BCUT2D eigenvalue weighted by Gasteiger charge is -2.18. The number of benzene rings is 2. The monoisotopic (exact) mass is 379 g/mol. The van der Waals surface area contributed by atoms with Crippen LogP contribution in [0.3, 0.4) is 0 Å².